The molecule has 1 aromatic heterocycles. The van der Waals surface area contributed by atoms with Crippen molar-refractivity contribution in [3.05, 3.63) is 21.3 Å². The van der Waals surface area contributed by atoms with Gasteiger partial charge in [0.25, 0.3) is 5.91 Å². The summed E-state index contributed by atoms with van der Waals surface area (Å²) in [6.45, 7) is 1.89. The summed E-state index contributed by atoms with van der Waals surface area (Å²) in [5.74, 6) is 1.04. The zero-order valence-corrected chi connectivity index (χ0v) is 11.8. The van der Waals surface area contributed by atoms with Crippen molar-refractivity contribution in [3.63, 3.8) is 0 Å². The molecule has 2 N–H and O–H groups in total. The second kappa shape index (κ2) is 5.18. The predicted molar refractivity (Wildman–Crippen MR) is 72.8 cm³/mol. The number of hydrogen-bond acceptors (Lipinski definition) is 4. The fourth-order valence-corrected chi connectivity index (χ4v) is 4.00. The Hall–Kier alpha value is -0.230. The van der Waals surface area contributed by atoms with E-state index in [9.17, 15) is 9.90 Å². The SMILES string of the molecule is CC(NC(=O)C1(O)CCSC1)c1ccc(Cl)s1. The summed E-state index contributed by atoms with van der Waals surface area (Å²) in [5.41, 5.74) is -1.19. The Morgan fingerprint density at radius 1 is 1.65 bits per heavy atom. The van der Waals surface area contributed by atoms with Crippen LogP contribution in [0.25, 0.3) is 0 Å². The molecular formula is C11H14ClNO2S2. The number of halogens is 1. The number of carbonyl (C=O) groups is 1. The maximum atomic E-state index is 12.0. The Labute approximate surface area is 114 Å². The normalized spacial score (nSPS) is 25.8. The van der Waals surface area contributed by atoms with Gasteiger partial charge in [0.05, 0.1) is 10.4 Å². The molecule has 2 atom stereocenters. The molecule has 1 aliphatic rings. The van der Waals surface area contributed by atoms with E-state index in [2.05, 4.69) is 5.32 Å². The lowest BCUT2D eigenvalue weighted by atomic mass is 10.0. The topological polar surface area (TPSA) is 49.3 Å². The van der Waals surface area contributed by atoms with Gasteiger partial charge in [-0.05, 0) is 31.2 Å². The van der Waals surface area contributed by atoms with Crippen LogP contribution in [0.2, 0.25) is 4.34 Å². The van der Waals surface area contributed by atoms with Crippen LogP contribution in [-0.4, -0.2) is 28.1 Å². The fourth-order valence-electron chi connectivity index (χ4n) is 1.70. The molecule has 6 heteroatoms. The van der Waals surface area contributed by atoms with E-state index in [1.807, 2.05) is 19.1 Å². The summed E-state index contributed by atoms with van der Waals surface area (Å²) < 4.78 is 0.705. The minimum absolute atomic E-state index is 0.116. The van der Waals surface area contributed by atoms with E-state index in [0.29, 0.717) is 16.5 Å². The van der Waals surface area contributed by atoms with Crippen LogP contribution in [0.3, 0.4) is 0 Å². The highest BCUT2D eigenvalue weighted by Gasteiger charge is 2.39. The lowest BCUT2D eigenvalue weighted by Crippen LogP contribution is -2.47. The van der Waals surface area contributed by atoms with Gasteiger partial charge in [0.15, 0.2) is 5.60 Å². The molecule has 1 amide bonds. The highest BCUT2D eigenvalue weighted by atomic mass is 35.5. The second-order valence-corrected chi connectivity index (χ2v) is 7.02. The molecule has 2 heterocycles. The number of nitrogens with one attached hydrogen (secondary N) is 1. The molecular weight excluding hydrogens is 278 g/mol. The fraction of sp³-hybridized carbons (Fsp3) is 0.545. The highest BCUT2D eigenvalue weighted by Crippen LogP contribution is 2.30. The van der Waals surface area contributed by atoms with Crippen LogP contribution in [-0.2, 0) is 4.79 Å². The molecule has 2 unspecified atom stereocenters. The van der Waals surface area contributed by atoms with Crippen molar-refractivity contribution in [2.24, 2.45) is 0 Å². The van der Waals surface area contributed by atoms with Gasteiger partial charge in [0.1, 0.15) is 0 Å². The summed E-state index contributed by atoms with van der Waals surface area (Å²) >= 11 is 8.90. The third kappa shape index (κ3) is 2.96. The number of aliphatic hydroxyl groups is 1. The smallest absolute Gasteiger partial charge is 0.253 e. The van der Waals surface area contributed by atoms with E-state index in [1.54, 1.807) is 11.8 Å². The standard InChI is InChI=1S/C11H14ClNO2S2/c1-7(8-2-3-9(12)17-8)13-10(14)11(15)4-5-16-6-11/h2-3,7,15H,4-6H2,1H3,(H,13,14). The number of rotatable bonds is 3. The third-order valence-corrected chi connectivity index (χ3v) is 5.38. The first-order chi connectivity index (χ1) is 8.01. The summed E-state index contributed by atoms with van der Waals surface area (Å²) in [6.07, 6.45) is 0.529. The summed E-state index contributed by atoms with van der Waals surface area (Å²) in [7, 11) is 0. The minimum Gasteiger partial charge on any atom is -0.379 e. The van der Waals surface area contributed by atoms with Crippen LogP contribution in [0, 0.1) is 0 Å². The van der Waals surface area contributed by atoms with Gasteiger partial charge in [-0.3, -0.25) is 4.79 Å². The number of thioether (sulfide) groups is 1. The summed E-state index contributed by atoms with van der Waals surface area (Å²) in [4.78, 5) is 13.0. The Kier molecular flexibility index (Phi) is 4.02. The quantitative estimate of drug-likeness (QED) is 0.899. The van der Waals surface area contributed by atoms with E-state index in [4.69, 9.17) is 11.6 Å². The average molecular weight is 292 g/mol. The Morgan fingerprint density at radius 2 is 2.41 bits per heavy atom. The van der Waals surface area contributed by atoms with Crippen LogP contribution in [0.5, 0.6) is 0 Å². The van der Waals surface area contributed by atoms with E-state index in [0.717, 1.165) is 10.6 Å². The van der Waals surface area contributed by atoms with Gasteiger partial charge in [-0.25, -0.2) is 0 Å². The number of carbonyl (C=O) groups excluding carboxylic acids is 1. The van der Waals surface area contributed by atoms with Crippen LogP contribution in [0.4, 0.5) is 0 Å². The Bertz CT molecular complexity index is 415. The monoisotopic (exact) mass is 291 g/mol. The minimum atomic E-state index is -1.19. The lowest BCUT2D eigenvalue weighted by molar-refractivity contribution is -0.137. The van der Waals surface area contributed by atoms with E-state index < -0.39 is 5.60 Å². The molecule has 0 bridgehead atoms. The molecule has 3 nitrogen and oxygen atoms in total. The zero-order chi connectivity index (χ0) is 12.5. The maximum Gasteiger partial charge on any atom is 0.253 e. The molecule has 94 valence electrons. The van der Waals surface area contributed by atoms with Gasteiger partial charge in [0, 0.05) is 10.6 Å². The zero-order valence-electron chi connectivity index (χ0n) is 9.40. The van der Waals surface area contributed by atoms with Gasteiger partial charge in [-0.1, -0.05) is 11.6 Å². The van der Waals surface area contributed by atoms with E-state index in [-0.39, 0.29) is 11.9 Å². The van der Waals surface area contributed by atoms with Crippen molar-refractivity contribution in [2.75, 3.05) is 11.5 Å². The van der Waals surface area contributed by atoms with Crippen molar-refractivity contribution < 1.29 is 9.90 Å². The molecule has 2 rings (SSSR count). The molecule has 0 radical (unpaired) electrons. The molecule has 1 aromatic rings. The molecule has 0 aliphatic carbocycles. The first kappa shape index (κ1) is 13.2. The van der Waals surface area contributed by atoms with Crippen LogP contribution >= 0.6 is 34.7 Å². The van der Waals surface area contributed by atoms with E-state index in [1.165, 1.54) is 11.3 Å². The largest absolute Gasteiger partial charge is 0.379 e. The lowest BCUT2D eigenvalue weighted by Gasteiger charge is -2.22. The van der Waals surface area contributed by atoms with Gasteiger partial charge in [-0.2, -0.15) is 11.8 Å². The predicted octanol–water partition coefficient (Wildman–Crippen LogP) is 2.45. The van der Waals surface area contributed by atoms with Gasteiger partial charge in [-0.15, -0.1) is 11.3 Å². The number of thiophene rings is 1. The first-order valence-corrected chi connectivity index (χ1v) is 7.72. The van der Waals surface area contributed by atoms with Gasteiger partial charge < -0.3 is 10.4 Å². The summed E-state index contributed by atoms with van der Waals surface area (Å²) in [6, 6.07) is 3.59. The summed E-state index contributed by atoms with van der Waals surface area (Å²) in [5, 5.41) is 12.9. The van der Waals surface area contributed by atoms with Crippen molar-refractivity contribution in [3.8, 4) is 0 Å². The molecule has 1 saturated heterocycles. The second-order valence-electron chi connectivity index (χ2n) is 4.17. The third-order valence-electron chi connectivity index (χ3n) is 2.79. The van der Waals surface area contributed by atoms with Crippen molar-refractivity contribution in [2.45, 2.75) is 25.0 Å². The van der Waals surface area contributed by atoms with Crippen molar-refractivity contribution in [1.29, 1.82) is 0 Å². The Balaban J connectivity index is 1.99. The Morgan fingerprint density at radius 3 is 2.94 bits per heavy atom. The average Bonchev–Trinajstić information content (AvgIpc) is 2.88. The van der Waals surface area contributed by atoms with Crippen molar-refractivity contribution in [1.82, 2.24) is 5.32 Å². The van der Waals surface area contributed by atoms with Crippen LogP contribution in [0.1, 0.15) is 24.3 Å². The van der Waals surface area contributed by atoms with E-state index >= 15 is 0 Å². The molecule has 1 aliphatic heterocycles. The number of hydrogen-bond donors (Lipinski definition) is 2. The molecule has 0 aromatic carbocycles. The first-order valence-electron chi connectivity index (χ1n) is 5.37. The van der Waals surface area contributed by atoms with Gasteiger partial charge in [0.2, 0.25) is 0 Å². The maximum absolute atomic E-state index is 12.0. The number of amides is 1. The van der Waals surface area contributed by atoms with Crippen LogP contribution in [0.15, 0.2) is 12.1 Å². The molecule has 0 spiro atoms. The molecule has 1 fully saturated rings. The van der Waals surface area contributed by atoms with Crippen molar-refractivity contribution >= 4 is 40.6 Å². The molecule has 0 saturated carbocycles. The van der Waals surface area contributed by atoms with Gasteiger partial charge >= 0.3 is 0 Å². The highest BCUT2D eigenvalue weighted by molar-refractivity contribution is 7.99. The molecule has 17 heavy (non-hydrogen) atoms. The van der Waals surface area contributed by atoms with Crippen LogP contribution < -0.4 is 5.32 Å².